The lowest BCUT2D eigenvalue weighted by Crippen LogP contribution is -2.29. The van der Waals surface area contributed by atoms with Crippen molar-refractivity contribution in [2.45, 2.75) is 135 Å². The number of unbranched alkanes of at least 4 members (excludes halogenated alkanes) is 10. The van der Waals surface area contributed by atoms with Crippen molar-refractivity contribution in [3.63, 3.8) is 0 Å². The maximum Gasteiger partial charge on any atom is 0.472 e. The third-order valence-electron chi connectivity index (χ3n) is 6.78. The SMILES string of the molecule is CC/C=C\C/C=C\C/C=C\C/C=C\CCCOCC(COP(=O)(O)OCC(O)CO)OC(=O)CCCCCCCCCCCC. The predicted molar refractivity (Wildman–Crippen MR) is 182 cm³/mol. The average Bonchev–Trinajstić information content (AvgIpc) is 3.03. The van der Waals surface area contributed by atoms with Gasteiger partial charge in [-0.15, -0.1) is 0 Å². The summed E-state index contributed by atoms with van der Waals surface area (Å²) < 4.78 is 33.0. The zero-order chi connectivity index (χ0) is 33.3. The summed E-state index contributed by atoms with van der Waals surface area (Å²) in [7, 11) is -4.52. The zero-order valence-corrected chi connectivity index (χ0v) is 29.0. The maximum atomic E-state index is 12.5. The Morgan fingerprint density at radius 3 is 1.82 bits per heavy atom. The predicted octanol–water partition coefficient (Wildman–Crippen LogP) is 8.30. The van der Waals surface area contributed by atoms with E-state index in [2.05, 4.69) is 62.5 Å². The van der Waals surface area contributed by atoms with Crippen molar-refractivity contribution >= 4 is 13.8 Å². The zero-order valence-electron chi connectivity index (χ0n) is 28.1. The molecule has 0 aromatic rings. The molecule has 0 heterocycles. The molecule has 0 aliphatic heterocycles. The molecule has 0 bridgehead atoms. The number of esters is 1. The summed E-state index contributed by atoms with van der Waals surface area (Å²) in [6.07, 6.45) is 32.3. The van der Waals surface area contributed by atoms with Crippen LogP contribution in [-0.2, 0) is 27.9 Å². The Balaban J connectivity index is 4.39. The quantitative estimate of drug-likeness (QED) is 0.0283. The van der Waals surface area contributed by atoms with Crippen LogP contribution in [0, 0.1) is 0 Å². The molecule has 10 heteroatoms. The second kappa shape index (κ2) is 32.4. The highest BCUT2D eigenvalue weighted by Gasteiger charge is 2.26. The summed E-state index contributed by atoms with van der Waals surface area (Å²) in [4.78, 5) is 22.3. The van der Waals surface area contributed by atoms with Crippen LogP contribution in [0.15, 0.2) is 48.6 Å². The van der Waals surface area contributed by atoms with E-state index in [1.54, 1.807) is 0 Å². The van der Waals surface area contributed by atoms with Gasteiger partial charge in [-0.05, 0) is 44.9 Å². The Bertz CT molecular complexity index is 841. The minimum absolute atomic E-state index is 0.0112. The number of aliphatic hydroxyl groups excluding tert-OH is 2. The van der Waals surface area contributed by atoms with Gasteiger partial charge in [0.15, 0.2) is 0 Å². The number of carbonyl (C=O) groups excluding carboxylic acids is 1. The minimum Gasteiger partial charge on any atom is -0.457 e. The maximum absolute atomic E-state index is 12.5. The first-order valence-corrected chi connectivity index (χ1v) is 18.6. The normalized spacial score (nSPS) is 15.0. The van der Waals surface area contributed by atoms with Crippen LogP contribution in [0.4, 0.5) is 0 Å². The second-order valence-electron chi connectivity index (χ2n) is 11.2. The lowest BCUT2D eigenvalue weighted by atomic mass is 10.1. The molecule has 0 aromatic carbocycles. The average molecular weight is 659 g/mol. The van der Waals surface area contributed by atoms with Gasteiger partial charge in [0.2, 0.25) is 0 Å². The first-order valence-electron chi connectivity index (χ1n) is 17.1. The number of allylic oxidation sites excluding steroid dienone is 8. The van der Waals surface area contributed by atoms with Gasteiger partial charge in [-0.25, -0.2) is 4.57 Å². The molecule has 0 saturated heterocycles. The number of ether oxygens (including phenoxy) is 2. The van der Waals surface area contributed by atoms with Gasteiger partial charge in [-0.2, -0.15) is 0 Å². The molecule has 0 aromatic heterocycles. The smallest absolute Gasteiger partial charge is 0.457 e. The highest BCUT2D eigenvalue weighted by atomic mass is 31.2. The van der Waals surface area contributed by atoms with Gasteiger partial charge in [0.05, 0.1) is 26.4 Å². The molecule has 0 fully saturated rings. The molecular formula is C35H63O9P. The molecule has 0 aliphatic rings. The van der Waals surface area contributed by atoms with Crippen molar-refractivity contribution in [1.82, 2.24) is 0 Å². The topological polar surface area (TPSA) is 132 Å². The first-order chi connectivity index (χ1) is 21.8. The van der Waals surface area contributed by atoms with Crippen molar-refractivity contribution < 1.29 is 43.0 Å². The molecule has 0 amide bonds. The highest BCUT2D eigenvalue weighted by molar-refractivity contribution is 7.47. The number of hydrogen-bond acceptors (Lipinski definition) is 8. The number of phosphoric acid groups is 1. The molecule has 3 atom stereocenters. The molecule has 0 aliphatic carbocycles. The summed E-state index contributed by atoms with van der Waals surface area (Å²) in [6.45, 7) is 3.20. The fraction of sp³-hybridized carbons (Fsp3) is 0.743. The molecule has 45 heavy (non-hydrogen) atoms. The minimum atomic E-state index is -4.52. The van der Waals surface area contributed by atoms with Crippen molar-refractivity contribution in [2.75, 3.05) is 33.0 Å². The third kappa shape index (κ3) is 32.2. The second-order valence-corrected chi connectivity index (χ2v) is 12.6. The van der Waals surface area contributed by atoms with E-state index >= 15 is 0 Å². The third-order valence-corrected chi connectivity index (χ3v) is 7.73. The van der Waals surface area contributed by atoms with Crippen LogP contribution >= 0.6 is 7.82 Å². The van der Waals surface area contributed by atoms with E-state index in [0.29, 0.717) is 6.61 Å². The number of aliphatic hydroxyl groups is 2. The van der Waals surface area contributed by atoms with Gasteiger partial charge in [-0.3, -0.25) is 13.8 Å². The van der Waals surface area contributed by atoms with E-state index in [4.69, 9.17) is 23.6 Å². The number of carbonyl (C=O) groups is 1. The van der Waals surface area contributed by atoms with Crippen LogP contribution in [0.2, 0.25) is 0 Å². The monoisotopic (exact) mass is 658 g/mol. The van der Waals surface area contributed by atoms with E-state index in [1.165, 1.54) is 44.9 Å². The summed E-state index contributed by atoms with van der Waals surface area (Å²) in [5.41, 5.74) is 0. The summed E-state index contributed by atoms with van der Waals surface area (Å²) in [5.74, 6) is -0.407. The van der Waals surface area contributed by atoms with Crippen molar-refractivity contribution in [3.05, 3.63) is 48.6 Å². The van der Waals surface area contributed by atoms with Gasteiger partial charge in [0.25, 0.3) is 0 Å². The van der Waals surface area contributed by atoms with Crippen LogP contribution in [0.3, 0.4) is 0 Å². The van der Waals surface area contributed by atoms with Crippen LogP contribution in [-0.4, -0.2) is 66.3 Å². The van der Waals surface area contributed by atoms with Gasteiger partial charge >= 0.3 is 13.8 Å². The Morgan fingerprint density at radius 1 is 0.711 bits per heavy atom. The first kappa shape index (κ1) is 43.4. The Hall–Kier alpha value is -1.58. The molecule has 3 N–H and O–H groups in total. The Kier molecular flexibility index (Phi) is 31.2. The molecule has 3 unspecified atom stereocenters. The number of hydrogen-bond donors (Lipinski definition) is 3. The fourth-order valence-electron chi connectivity index (χ4n) is 4.18. The largest absolute Gasteiger partial charge is 0.472 e. The summed E-state index contributed by atoms with van der Waals surface area (Å²) >= 11 is 0. The Labute approximate surface area is 273 Å². The van der Waals surface area contributed by atoms with E-state index in [9.17, 15) is 19.4 Å². The molecule has 0 rings (SSSR count). The van der Waals surface area contributed by atoms with Crippen LogP contribution in [0.1, 0.15) is 123 Å². The van der Waals surface area contributed by atoms with Crippen LogP contribution in [0.25, 0.3) is 0 Å². The molecule has 9 nitrogen and oxygen atoms in total. The lowest BCUT2D eigenvalue weighted by molar-refractivity contribution is -0.154. The van der Waals surface area contributed by atoms with Crippen molar-refractivity contribution in [2.24, 2.45) is 0 Å². The standard InChI is InChI=1S/C35H63O9P/c1-3-5-7-9-11-13-15-16-17-18-20-22-24-26-28-41-31-34(32-43-45(39,40)42-30-33(37)29-36)44-35(38)27-25-23-21-19-14-12-10-8-6-4-2/h5,7,11,13,16-17,20,22,33-34,36-37H,3-4,6,8-10,12,14-15,18-19,21,23-32H2,1-2H3,(H,39,40)/b7-5-,13-11-,17-16-,22-20-. The summed E-state index contributed by atoms with van der Waals surface area (Å²) in [6, 6.07) is 0. The lowest BCUT2D eigenvalue weighted by Gasteiger charge is -2.20. The molecule has 0 saturated carbocycles. The van der Waals surface area contributed by atoms with E-state index in [-0.39, 0.29) is 13.0 Å². The van der Waals surface area contributed by atoms with Crippen molar-refractivity contribution in [1.29, 1.82) is 0 Å². The molecule has 0 spiro atoms. The van der Waals surface area contributed by atoms with Crippen LogP contribution in [0.5, 0.6) is 0 Å². The van der Waals surface area contributed by atoms with Gasteiger partial charge in [0.1, 0.15) is 12.2 Å². The molecular weight excluding hydrogens is 595 g/mol. The van der Waals surface area contributed by atoms with E-state index < -0.39 is 45.8 Å². The van der Waals surface area contributed by atoms with Gasteiger partial charge in [-0.1, -0.05) is 120 Å². The summed E-state index contributed by atoms with van der Waals surface area (Å²) in [5, 5.41) is 18.2. The van der Waals surface area contributed by atoms with Gasteiger partial charge < -0.3 is 24.6 Å². The molecule has 262 valence electrons. The Morgan fingerprint density at radius 2 is 1.24 bits per heavy atom. The van der Waals surface area contributed by atoms with E-state index in [1.807, 2.05) is 0 Å². The van der Waals surface area contributed by atoms with Crippen molar-refractivity contribution in [3.8, 4) is 0 Å². The van der Waals surface area contributed by atoms with Crippen LogP contribution < -0.4 is 0 Å². The van der Waals surface area contributed by atoms with E-state index in [0.717, 1.165) is 57.8 Å². The number of phosphoric ester groups is 1. The fourth-order valence-corrected chi connectivity index (χ4v) is 4.97. The number of rotatable bonds is 32. The van der Waals surface area contributed by atoms with Gasteiger partial charge in [0, 0.05) is 13.0 Å². The molecule has 0 radical (unpaired) electrons. The highest BCUT2D eigenvalue weighted by Crippen LogP contribution is 2.43.